The Morgan fingerprint density at radius 3 is 2.42 bits per heavy atom. The number of aliphatic carboxylic acids is 1. The molecule has 5 heteroatoms. The Balaban J connectivity index is 1.91. The van der Waals surface area contributed by atoms with Gasteiger partial charge in [0.25, 0.3) is 0 Å². The minimum atomic E-state index is -1.02. The largest absolute Gasteiger partial charge is 0.482 e. The number of carbonyl (C=O) groups excluding carboxylic acids is 1. The normalized spacial score (nSPS) is 11.6. The van der Waals surface area contributed by atoms with E-state index in [4.69, 9.17) is 9.84 Å². The lowest BCUT2D eigenvalue weighted by atomic mass is 10.0. The van der Waals surface area contributed by atoms with Gasteiger partial charge >= 0.3 is 5.97 Å². The first-order valence-electron chi connectivity index (χ1n) is 7.74. The number of rotatable bonds is 7. The summed E-state index contributed by atoms with van der Waals surface area (Å²) in [7, 11) is 0. The van der Waals surface area contributed by atoms with Gasteiger partial charge in [0.2, 0.25) is 5.91 Å². The molecule has 24 heavy (non-hydrogen) atoms. The van der Waals surface area contributed by atoms with Gasteiger partial charge in [-0.2, -0.15) is 0 Å². The van der Waals surface area contributed by atoms with Crippen molar-refractivity contribution in [2.75, 3.05) is 6.61 Å². The molecule has 0 saturated heterocycles. The van der Waals surface area contributed by atoms with Crippen molar-refractivity contribution in [2.45, 2.75) is 26.3 Å². The standard InChI is InChI=1S/C19H21NO4/c1-13-5-3-4-6-16(13)11-18(21)20-14(2)15-7-9-17(10-8-15)24-12-19(22)23/h3-10,14H,11-12H2,1-2H3,(H,20,21)(H,22,23). The Morgan fingerprint density at radius 2 is 1.79 bits per heavy atom. The SMILES string of the molecule is Cc1ccccc1CC(=O)NC(C)c1ccc(OCC(=O)O)cc1. The number of amides is 1. The molecule has 5 nitrogen and oxygen atoms in total. The minimum Gasteiger partial charge on any atom is -0.482 e. The van der Waals surface area contributed by atoms with Gasteiger partial charge in [0.05, 0.1) is 12.5 Å². The van der Waals surface area contributed by atoms with Crippen molar-refractivity contribution in [1.29, 1.82) is 0 Å². The highest BCUT2D eigenvalue weighted by Crippen LogP contribution is 2.18. The molecule has 2 rings (SSSR count). The molecule has 0 aliphatic heterocycles. The van der Waals surface area contributed by atoms with Crippen LogP contribution in [0.2, 0.25) is 0 Å². The fourth-order valence-electron chi connectivity index (χ4n) is 2.36. The number of ether oxygens (including phenoxy) is 1. The third kappa shape index (κ3) is 5.12. The van der Waals surface area contributed by atoms with Gasteiger partial charge in [0.1, 0.15) is 5.75 Å². The van der Waals surface area contributed by atoms with Crippen molar-refractivity contribution in [1.82, 2.24) is 5.32 Å². The summed E-state index contributed by atoms with van der Waals surface area (Å²) < 4.78 is 5.09. The third-order valence-corrected chi connectivity index (χ3v) is 3.73. The van der Waals surface area contributed by atoms with Crippen LogP contribution < -0.4 is 10.1 Å². The van der Waals surface area contributed by atoms with E-state index >= 15 is 0 Å². The monoisotopic (exact) mass is 327 g/mol. The topological polar surface area (TPSA) is 75.6 Å². The van der Waals surface area contributed by atoms with Gasteiger partial charge in [-0.15, -0.1) is 0 Å². The maximum absolute atomic E-state index is 12.2. The van der Waals surface area contributed by atoms with E-state index in [0.29, 0.717) is 12.2 Å². The van der Waals surface area contributed by atoms with Crippen LogP contribution in [0.4, 0.5) is 0 Å². The Hall–Kier alpha value is -2.82. The van der Waals surface area contributed by atoms with Crippen LogP contribution >= 0.6 is 0 Å². The number of nitrogens with one attached hydrogen (secondary N) is 1. The number of hydrogen-bond acceptors (Lipinski definition) is 3. The van der Waals surface area contributed by atoms with Crippen molar-refractivity contribution in [3.05, 3.63) is 65.2 Å². The Kier molecular flexibility index (Phi) is 5.95. The van der Waals surface area contributed by atoms with Crippen LogP contribution in [0.15, 0.2) is 48.5 Å². The second-order valence-electron chi connectivity index (χ2n) is 5.64. The molecule has 126 valence electrons. The van der Waals surface area contributed by atoms with E-state index in [9.17, 15) is 9.59 Å². The van der Waals surface area contributed by atoms with E-state index in [1.165, 1.54) is 0 Å². The molecule has 0 aliphatic rings. The molecule has 0 saturated carbocycles. The summed E-state index contributed by atoms with van der Waals surface area (Å²) in [4.78, 5) is 22.7. The molecule has 0 spiro atoms. The second-order valence-corrected chi connectivity index (χ2v) is 5.64. The smallest absolute Gasteiger partial charge is 0.341 e. The molecular weight excluding hydrogens is 306 g/mol. The predicted octanol–water partition coefficient (Wildman–Crippen LogP) is 2.88. The van der Waals surface area contributed by atoms with Crippen LogP contribution in [0, 0.1) is 6.92 Å². The van der Waals surface area contributed by atoms with Gasteiger partial charge in [0.15, 0.2) is 6.61 Å². The zero-order valence-corrected chi connectivity index (χ0v) is 13.8. The van der Waals surface area contributed by atoms with E-state index in [1.54, 1.807) is 12.1 Å². The first-order chi connectivity index (χ1) is 11.5. The molecule has 0 heterocycles. The average Bonchev–Trinajstić information content (AvgIpc) is 2.55. The van der Waals surface area contributed by atoms with E-state index in [2.05, 4.69) is 5.32 Å². The van der Waals surface area contributed by atoms with Crippen LogP contribution in [0.3, 0.4) is 0 Å². The maximum atomic E-state index is 12.2. The van der Waals surface area contributed by atoms with Crippen LogP contribution in [-0.4, -0.2) is 23.6 Å². The molecule has 0 bridgehead atoms. The molecule has 0 radical (unpaired) electrons. The van der Waals surface area contributed by atoms with E-state index in [0.717, 1.165) is 16.7 Å². The van der Waals surface area contributed by atoms with Crippen molar-refractivity contribution in [2.24, 2.45) is 0 Å². The Morgan fingerprint density at radius 1 is 1.12 bits per heavy atom. The quantitative estimate of drug-likeness (QED) is 0.820. The number of carboxylic acid groups (broad SMARTS) is 1. The highest BCUT2D eigenvalue weighted by molar-refractivity contribution is 5.79. The van der Waals surface area contributed by atoms with Crippen molar-refractivity contribution < 1.29 is 19.4 Å². The van der Waals surface area contributed by atoms with Crippen LogP contribution in [0.1, 0.15) is 29.7 Å². The fraction of sp³-hybridized carbons (Fsp3) is 0.263. The molecule has 2 aromatic rings. The van der Waals surface area contributed by atoms with E-state index < -0.39 is 5.97 Å². The van der Waals surface area contributed by atoms with Crippen molar-refractivity contribution in [3.63, 3.8) is 0 Å². The number of hydrogen-bond donors (Lipinski definition) is 2. The summed E-state index contributed by atoms with van der Waals surface area (Å²) in [5.74, 6) is -0.571. The summed E-state index contributed by atoms with van der Waals surface area (Å²) in [6, 6.07) is 14.7. The molecule has 1 atom stereocenters. The third-order valence-electron chi connectivity index (χ3n) is 3.73. The lowest BCUT2D eigenvalue weighted by molar-refractivity contribution is -0.139. The number of benzene rings is 2. The first-order valence-corrected chi connectivity index (χ1v) is 7.74. The zero-order chi connectivity index (χ0) is 17.5. The van der Waals surface area contributed by atoms with Crippen LogP contribution in [0.25, 0.3) is 0 Å². The molecule has 2 aromatic carbocycles. The molecule has 1 amide bonds. The summed E-state index contributed by atoms with van der Waals surface area (Å²) in [6.45, 7) is 3.52. The molecule has 1 unspecified atom stereocenters. The van der Waals surface area contributed by atoms with Gasteiger partial charge in [-0.05, 0) is 42.7 Å². The minimum absolute atomic E-state index is 0.0389. The summed E-state index contributed by atoms with van der Waals surface area (Å²) in [5.41, 5.74) is 3.04. The van der Waals surface area contributed by atoms with Gasteiger partial charge in [0, 0.05) is 0 Å². The molecule has 2 N–H and O–H groups in total. The Labute approximate surface area is 141 Å². The zero-order valence-electron chi connectivity index (χ0n) is 13.8. The van der Waals surface area contributed by atoms with Gasteiger partial charge in [-0.3, -0.25) is 4.79 Å². The summed E-state index contributed by atoms with van der Waals surface area (Å²) in [5, 5.41) is 11.6. The van der Waals surface area contributed by atoms with E-state index in [1.807, 2.05) is 50.2 Å². The molecular formula is C19H21NO4. The average molecular weight is 327 g/mol. The highest BCUT2D eigenvalue weighted by Gasteiger charge is 2.11. The summed E-state index contributed by atoms with van der Waals surface area (Å²) >= 11 is 0. The maximum Gasteiger partial charge on any atom is 0.341 e. The second kappa shape index (κ2) is 8.15. The number of aryl methyl sites for hydroxylation is 1. The fourth-order valence-corrected chi connectivity index (χ4v) is 2.36. The lowest BCUT2D eigenvalue weighted by Gasteiger charge is -2.15. The first kappa shape index (κ1) is 17.5. The number of carbonyl (C=O) groups is 2. The van der Waals surface area contributed by atoms with Crippen molar-refractivity contribution in [3.8, 4) is 5.75 Å². The number of carboxylic acids is 1. The molecule has 0 aromatic heterocycles. The van der Waals surface area contributed by atoms with Gasteiger partial charge in [-0.1, -0.05) is 36.4 Å². The van der Waals surface area contributed by atoms with Crippen LogP contribution in [-0.2, 0) is 16.0 Å². The van der Waals surface area contributed by atoms with Gasteiger partial charge in [-0.25, -0.2) is 4.79 Å². The lowest BCUT2D eigenvalue weighted by Crippen LogP contribution is -2.28. The van der Waals surface area contributed by atoms with E-state index in [-0.39, 0.29) is 18.6 Å². The molecule has 0 aliphatic carbocycles. The highest BCUT2D eigenvalue weighted by atomic mass is 16.5. The summed E-state index contributed by atoms with van der Waals surface area (Å²) in [6.07, 6.45) is 0.344. The Bertz CT molecular complexity index is 710. The predicted molar refractivity (Wildman–Crippen MR) is 91.0 cm³/mol. The van der Waals surface area contributed by atoms with Crippen molar-refractivity contribution >= 4 is 11.9 Å². The van der Waals surface area contributed by atoms with Gasteiger partial charge < -0.3 is 15.2 Å². The molecule has 0 fully saturated rings. The van der Waals surface area contributed by atoms with Crippen LogP contribution in [0.5, 0.6) is 5.75 Å².